The Morgan fingerprint density at radius 3 is 0.919 bits per heavy atom. The Labute approximate surface area is 781 Å². The lowest BCUT2D eigenvalue weighted by molar-refractivity contribution is 1.04. The van der Waals surface area contributed by atoms with Crippen LogP contribution in [-0.4, -0.2) is 66.4 Å². The number of nitrogens with zero attached hydrogens (tertiary/aromatic N) is 14. The van der Waals surface area contributed by atoms with Crippen molar-refractivity contribution in [1.82, 2.24) is 66.4 Å². The van der Waals surface area contributed by atoms with Crippen LogP contribution in [0.5, 0.6) is 0 Å². The molecule has 0 aliphatic heterocycles. The third-order valence-corrected chi connectivity index (χ3v) is 26.2. The molecule has 0 N–H and O–H groups in total. The highest BCUT2D eigenvalue weighted by Crippen LogP contribution is 2.43. The monoisotopic (exact) mass is 1740 g/mol. The largest absolute Gasteiger partial charge is 0.316 e. The second kappa shape index (κ2) is 34.0. The number of rotatable bonds is 12. The molecular formula is C122H82N14. The molecule has 14 nitrogen and oxygen atoms in total. The number of hydrogen-bond acceptors (Lipinski definition) is 6. The van der Waals surface area contributed by atoms with Gasteiger partial charge in [0.2, 0.25) is 0 Å². The molecule has 0 bridgehead atoms. The Balaban J connectivity index is 0.0000000965. The average Bonchev–Trinajstić information content (AvgIpc) is 1.58. The number of hydrogen-bond donors (Lipinski definition) is 0. The fraction of sp³-hybridized carbons (Fsp3) is 0. The van der Waals surface area contributed by atoms with Gasteiger partial charge in [0.1, 0.15) is 11.6 Å². The highest BCUT2D eigenvalue weighted by molar-refractivity contribution is 6.17. The van der Waals surface area contributed by atoms with Crippen molar-refractivity contribution in [3.8, 4) is 90.7 Å². The molecule has 14 heteroatoms. The molecule has 0 saturated carbocycles. The predicted molar refractivity (Wildman–Crippen MR) is 559 cm³/mol. The number of fused-ring (bicyclic) bond motifs is 16. The van der Waals surface area contributed by atoms with Gasteiger partial charge in [-0.25, -0.2) is 15.0 Å². The fourth-order valence-electron chi connectivity index (χ4n) is 19.8. The standard InChI is InChI=1S/C32H22N2.C31H21N3.C30H20N4.C29H19N5/c1-3-9-23(10-4-1)24-15-17-27(18-16-24)34-30-14-8-7-13-28(30)29-21-25-19-20-33(31(25)22-32(29)34)26-11-5-2-6-12-26;1-2-8-24(9-3-1)33-19-17-23-20-27-26-10-4-5-12-29(26)34(31(27)21-30(23)33)25-15-13-22(14-16-25)28-11-6-7-18-32-28;1-2-8-24(9-3-1)33-16-13-22-17-26-25-10-4-5-11-27(25)34(29(26)19-28(22)33)30-18-21(12-15-32-30)23-7-6-14-31-20-23;1-2-8-22(9-3-1)33-16-13-20-17-24-23-10-4-5-11-25(23)34(27(24)18-26(20)33)28-12-15-31-29(32-28)21-7-6-14-30-19-21/h1-22H;1-21H;1-20H;1-19H. The zero-order valence-corrected chi connectivity index (χ0v) is 73.6. The van der Waals surface area contributed by atoms with Crippen LogP contribution in [0.25, 0.3) is 221 Å². The van der Waals surface area contributed by atoms with E-state index in [2.05, 4.69) is 451 Å². The minimum Gasteiger partial charge on any atom is -0.316 e. The van der Waals surface area contributed by atoms with E-state index in [4.69, 9.17) is 9.97 Å². The summed E-state index contributed by atoms with van der Waals surface area (Å²) in [4.78, 5) is 27.3. The van der Waals surface area contributed by atoms with Crippen LogP contribution in [0.15, 0.2) is 499 Å². The number of pyridine rings is 4. The highest BCUT2D eigenvalue weighted by Gasteiger charge is 2.23. The van der Waals surface area contributed by atoms with E-state index in [0.29, 0.717) is 5.82 Å². The van der Waals surface area contributed by atoms with Crippen LogP contribution >= 0.6 is 0 Å². The Morgan fingerprint density at radius 2 is 0.515 bits per heavy atom. The summed E-state index contributed by atoms with van der Waals surface area (Å²) >= 11 is 0. The van der Waals surface area contributed by atoms with Crippen LogP contribution in [0.2, 0.25) is 0 Å². The first-order valence-corrected chi connectivity index (χ1v) is 45.6. The van der Waals surface area contributed by atoms with Crippen molar-refractivity contribution in [2.24, 2.45) is 0 Å². The Kier molecular flexibility index (Phi) is 19.9. The molecule has 0 spiro atoms. The molecule has 0 unspecified atom stereocenters. The number of benzene rings is 15. The maximum atomic E-state index is 4.94. The van der Waals surface area contributed by atoms with Crippen molar-refractivity contribution in [1.29, 1.82) is 0 Å². The summed E-state index contributed by atoms with van der Waals surface area (Å²) in [6, 6.07) is 152. The Hall–Kier alpha value is -18.7. The lowest BCUT2D eigenvalue weighted by atomic mass is 10.1. The first-order valence-electron chi connectivity index (χ1n) is 45.6. The summed E-state index contributed by atoms with van der Waals surface area (Å²) in [5.74, 6) is 2.38. The van der Waals surface area contributed by atoms with Gasteiger partial charge in [-0.05, 0) is 235 Å². The molecule has 15 aromatic carbocycles. The smallest absolute Gasteiger partial charge is 0.163 e. The second-order valence-electron chi connectivity index (χ2n) is 34.0. The van der Waals surface area contributed by atoms with Crippen LogP contribution in [-0.2, 0) is 0 Å². The minimum absolute atomic E-state index is 0.658. The van der Waals surface area contributed by atoms with Gasteiger partial charge in [-0.2, -0.15) is 0 Å². The van der Waals surface area contributed by atoms with Crippen molar-refractivity contribution in [3.05, 3.63) is 499 Å². The average molecular weight is 1740 g/mol. The summed E-state index contributed by atoms with van der Waals surface area (Å²) in [6.07, 6.45) is 21.4. The molecular weight excluding hydrogens is 1660 g/mol. The third-order valence-electron chi connectivity index (χ3n) is 26.2. The van der Waals surface area contributed by atoms with Crippen LogP contribution < -0.4 is 0 Å². The van der Waals surface area contributed by atoms with Crippen molar-refractivity contribution in [2.75, 3.05) is 0 Å². The van der Waals surface area contributed by atoms with Crippen LogP contribution in [0.1, 0.15) is 0 Å². The molecule has 13 heterocycles. The lowest BCUT2D eigenvalue weighted by Gasteiger charge is -2.10. The van der Waals surface area contributed by atoms with E-state index in [1.54, 1.807) is 18.6 Å². The first-order chi connectivity index (χ1) is 67.5. The molecule has 28 aromatic rings. The molecule has 0 radical (unpaired) electrons. The quantitative estimate of drug-likeness (QED) is 0.120. The molecule has 0 saturated heterocycles. The number of para-hydroxylation sites is 8. The minimum atomic E-state index is 0.658. The molecule has 136 heavy (non-hydrogen) atoms. The predicted octanol–water partition coefficient (Wildman–Crippen LogP) is 29.9. The zero-order chi connectivity index (χ0) is 89.9. The molecule has 0 aliphatic carbocycles. The summed E-state index contributed by atoms with van der Waals surface area (Å²) in [7, 11) is 0. The number of aromatic nitrogens is 14. The molecule has 0 aliphatic rings. The highest BCUT2D eigenvalue weighted by atomic mass is 15.1. The molecule has 13 aromatic heterocycles. The van der Waals surface area contributed by atoms with E-state index < -0.39 is 0 Å². The van der Waals surface area contributed by atoms with Gasteiger partial charge in [-0.3, -0.25) is 24.1 Å². The fourth-order valence-corrected chi connectivity index (χ4v) is 19.8. The summed E-state index contributed by atoms with van der Waals surface area (Å²) < 4.78 is 18.3. The van der Waals surface area contributed by atoms with Crippen molar-refractivity contribution >= 4 is 131 Å². The third kappa shape index (κ3) is 14.2. The van der Waals surface area contributed by atoms with Gasteiger partial charge in [0.25, 0.3) is 0 Å². The lowest BCUT2D eigenvalue weighted by Crippen LogP contribution is -2.00. The van der Waals surface area contributed by atoms with Crippen LogP contribution in [0.3, 0.4) is 0 Å². The van der Waals surface area contributed by atoms with Gasteiger partial charge in [0.05, 0.1) is 71.9 Å². The van der Waals surface area contributed by atoms with Gasteiger partial charge < -0.3 is 27.4 Å². The van der Waals surface area contributed by atoms with Gasteiger partial charge in [-0.1, -0.05) is 212 Å². The van der Waals surface area contributed by atoms with E-state index in [1.807, 2.05) is 85.5 Å². The zero-order valence-electron chi connectivity index (χ0n) is 73.6. The van der Waals surface area contributed by atoms with Gasteiger partial charge in [0, 0.05) is 184 Å². The van der Waals surface area contributed by atoms with Crippen molar-refractivity contribution < 1.29 is 0 Å². The summed E-state index contributed by atoms with van der Waals surface area (Å²) in [5, 5.41) is 14.9. The van der Waals surface area contributed by atoms with Crippen LogP contribution in [0.4, 0.5) is 0 Å². The van der Waals surface area contributed by atoms with E-state index >= 15 is 0 Å². The van der Waals surface area contributed by atoms with Gasteiger partial charge >= 0.3 is 0 Å². The van der Waals surface area contributed by atoms with Crippen molar-refractivity contribution in [3.63, 3.8) is 0 Å². The topological polar surface area (TPSA) is 117 Å². The van der Waals surface area contributed by atoms with Crippen molar-refractivity contribution in [2.45, 2.75) is 0 Å². The second-order valence-corrected chi connectivity index (χ2v) is 34.0. The Bertz CT molecular complexity index is 8760. The SMILES string of the molecule is c1ccc(-c2ccc(-n3c4ccccc4c4cc5ccn(-c6ccccc6)c5cc43)cc2)cc1.c1ccc(-n2ccc3cc4c5ccccc5n(-c5cc(-c6cccnc6)ccn5)c4cc32)cc1.c1ccc(-n2ccc3cc4c5ccccc5n(-c5ccc(-c6ccccn6)cc5)c4cc32)cc1.c1ccc(-n2ccc3cc4c5ccccc5n(-c5ccnc(-c6cccnc6)n5)c4cc32)cc1. The van der Waals surface area contributed by atoms with Crippen LogP contribution in [0, 0.1) is 0 Å². The molecule has 640 valence electrons. The molecule has 0 atom stereocenters. The maximum Gasteiger partial charge on any atom is 0.163 e. The summed E-state index contributed by atoms with van der Waals surface area (Å²) in [5.41, 5.74) is 28.7. The Morgan fingerprint density at radius 1 is 0.169 bits per heavy atom. The van der Waals surface area contributed by atoms with E-state index in [9.17, 15) is 0 Å². The molecule has 0 fully saturated rings. The van der Waals surface area contributed by atoms with E-state index in [1.165, 1.54) is 131 Å². The molecule has 0 amide bonds. The first kappa shape index (κ1) is 79.5. The molecule has 28 rings (SSSR count). The van der Waals surface area contributed by atoms with Gasteiger partial charge in [0.15, 0.2) is 5.82 Å². The van der Waals surface area contributed by atoms with Gasteiger partial charge in [-0.15, -0.1) is 0 Å². The van der Waals surface area contributed by atoms with E-state index in [0.717, 1.165) is 84.2 Å². The van der Waals surface area contributed by atoms with E-state index in [-0.39, 0.29) is 0 Å². The normalized spacial score (nSPS) is 11.5. The summed E-state index contributed by atoms with van der Waals surface area (Å²) in [6.45, 7) is 0. The maximum absolute atomic E-state index is 4.94.